The van der Waals surface area contributed by atoms with Gasteiger partial charge in [-0.05, 0) is 18.2 Å². The van der Waals surface area contributed by atoms with E-state index in [4.69, 9.17) is 21.8 Å². The van der Waals surface area contributed by atoms with Crippen LogP contribution in [0.25, 0.3) is 22.6 Å². The second-order valence-electron chi connectivity index (χ2n) is 3.46. The molecule has 0 saturated heterocycles. The topological polar surface area (TPSA) is 77.8 Å². The molecule has 0 bridgehead atoms. The molecule has 2 heterocycles. The molecule has 17 heavy (non-hydrogen) atoms. The first kappa shape index (κ1) is 10.0. The van der Waals surface area contributed by atoms with Crippen molar-refractivity contribution in [2.45, 2.75) is 0 Å². The number of rotatable bonds is 1. The SMILES string of the molecule is Nc1ncc(-c2nc3cc(Cl)ccc3o2)cn1. The molecule has 0 atom stereocenters. The molecule has 0 aliphatic heterocycles. The van der Waals surface area contributed by atoms with E-state index in [1.54, 1.807) is 30.6 Å². The van der Waals surface area contributed by atoms with E-state index in [9.17, 15) is 0 Å². The molecule has 0 aliphatic rings. The summed E-state index contributed by atoms with van der Waals surface area (Å²) in [6.45, 7) is 0. The van der Waals surface area contributed by atoms with E-state index >= 15 is 0 Å². The van der Waals surface area contributed by atoms with E-state index in [1.807, 2.05) is 0 Å². The first-order valence-corrected chi connectivity index (χ1v) is 5.24. The highest BCUT2D eigenvalue weighted by atomic mass is 35.5. The van der Waals surface area contributed by atoms with Crippen molar-refractivity contribution in [3.05, 3.63) is 35.6 Å². The predicted octanol–water partition coefficient (Wildman–Crippen LogP) is 2.52. The molecular formula is C11H7ClN4O. The van der Waals surface area contributed by atoms with Gasteiger partial charge in [0, 0.05) is 17.4 Å². The maximum Gasteiger partial charge on any atom is 0.230 e. The molecule has 2 aromatic heterocycles. The molecule has 0 aliphatic carbocycles. The van der Waals surface area contributed by atoms with E-state index in [1.165, 1.54) is 0 Å². The Balaban J connectivity index is 2.14. The Morgan fingerprint density at radius 1 is 1.18 bits per heavy atom. The zero-order valence-electron chi connectivity index (χ0n) is 8.59. The van der Waals surface area contributed by atoms with E-state index < -0.39 is 0 Å². The highest BCUT2D eigenvalue weighted by Crippen LogP contribution is 2.25. The number of nitrogen functional groups attached to an aromatic ring is 1. The van der Waals surface area contributed by atoms with Crippen LogP contribution in [0.1, 0.15) is 0 Å². The van der Waals surface area contributed by atoms with Crippen LogP contribution < -0.4 is 5.73 Å². The molecule has 84 valence electrons. The molecule has 0 unspecified atom stereocenters. The first-order chi connectivity index (χ1) is 8.22. The molecule has 2 N–H and O–H groups in total. The number of nitrogens with zero attached hydrogens (tertiary/aromatic N) is 3. The van der Waals surface area contributed by atoms with E-state index in [0.717, 1.165) is 0 Å². The molecule has 0 spiro atoms. The van der Waals surface area contributed by atoms with Crippen molar-refractivity contribution in [2.24, 2.45) is 0 Å². The number of fused-ring (bicyclic) bond motifs is 1. The van der Waals surface area contributed by atoms with E-state index in [-0.39, 0.29) is 5.95 Å². The van der Waals surface area contributed by atoms with Crippen LogP contribution in [-0.4, -0.2) is 15.0 Å². The monoisotopic (exact) mass is 246 g/mol. The number of nitrogens with two attached hydrogens (primary N) is 1. The minimum atomic E-state index is 0.216. The molecule has 3 aromatic rings. The lowest BCUT2D eigenvalue weighted by Crippen LogP contribution is -1.93. The van der Waals surface area contributed by atoms with Gasteiger partial charge in [-0.25, -0.2) is 15.0 Å². The average molecular weight is 247 g/mol. The third-order valence-electron chi connectivity index (χ3n) is 2.27. The highest BCUT2D eigenvalue weighted by Gasteiger charge is 2.09. The summed E-state index contributed by atoms with van der Waals surface area (Å²) in [6.07, 6.45) is 3.13. The van der Waals surface area contributed by atoms with E-state index in [0.29, 0.717) is 27.6 Å². The van der Waals surface area contributed by atoms with Crippen molar-refractivity contribution in [3.63, 3.8) is 0 Å². The largest absolute Gasteiger partial charge is 0.436 e. The summed E-state index contributed by atoms with van der Waals surface area (Å²) in [5.41, 5.74) is 7.45. The Labute approximate surface area is 101 Å². The average Bonchev–Trinajstić information content (AvgIpc) is 2.72. The van der Waals surface area contributed by atoms with Gasteiger partial charge in [-0.15, -0.1) is 0 Å². The van der Waals surface area contributed by atoms with Gasteiger partial charge in [0.2, 0.25) is 11.8 Å². The van der Waals surface area contributed by atoms with Crippen LogP contribution in [0.15, 0.2) is 35.0 Å². The summed E-state index contributed by atoms with van der Waals surface area (Å²) in [5.74, 6) is 0.662. The summed E-state index contributed by atoms with van der Waals surface area (Å²) < 4.78 is 5.56. The van der Waals surface area contributed by atoms with E-state index in [2.05, 4.69) is 15.0 Å². The van der Waals surface area contributed by atoms with Crippen LogP contribution >= 0.6 is 11.6 Å². The third kappa shape index (κ3) is 1.81. The number of aromatic nitrogens is 3. The van der Waals surface area contributed by atoms with Crippen LogP contribution in [0.2, 0.25) is 5.02 Å². The van der Waals surface area contributed by atoms with Crippen molar-refractivity contribution in [1.29, 1.82) is 0 Å². The van der Waals surface area contributed by atoms with Gasteiger partial charge in [0.05, 0.1) is 5.56 Å². The summed E-state index contributed by atoms with van der Waals surface area (Å²) in [6, 6.07) is 5.26. The zero-order chi connectivity index (χ0) is 11.8. The first-order valence-electron chi connectivity index (χ1n) is 4.86. The number of anilines is 1. The molecule has 5 nitrogen and oxygen atoms in total. The van der Waals surface area contributed by atoms with Gasteiger partial charge < -0.3 is 10.2 Å². The Bertz CT molecular complexity index is 678. The second kappa shape index (κ2) is 3.71. The van der Waals surface area contributed by atoms with Crippen molar-refractivity contribution >= 4 is 28.6 Å². The maximum absolute atomic E-state index is 5.87. The van der Waals surface area contributed by atoms with Crippen molar-refractivity contribution in [3.8, 4) is 11.5 Å². The van der Waals surface area contributed by atoms with Crippen LogP contribution in [0.5, 0.6) is 0 Å². The van der Waals surface area contributed by atoms with Gasteiger partial charge in [-0.3, -0.25) is 0 Å². The number of hydrogen-bond donors (Lipinski definition) is 1. The molecular weight excluding hydrogens is 240 g/mol. The fourth-order valence-corrected chi connectivity index (χ4v) is 1.64. The smallest absolute Gasteiger partial charge is 0.230 e. The summed E-state index contributed by atoms with van der Waals surface area (Å²) >= 11 is 5.87. The van der Waals surface area contributed by atoms with Crippen molar-refractivity contribution in [1.82, 2.24) is 15.0 Å². The summed E-state index contributed by atoms with van der Waals surface area (Å²) in [4.78, 5) is 12.1. The van der Waals surface area contributed by atoms with Crippen LogP contribution in [-0.2, 0) is 0 Å². The van der Waals surface area contributed by atoms with Gasteiger partial charge >= 0.3 is 0 Å². The zero-order valence-corrected chi connectivity index (χ0v) is 9.35. The second-order valence-corrected chi connectivity index (χ2v) is 3.90. The molecule has 0 saturated carbocycles. The molecule has 1 aromatic carbocycles. The lowest BCUT2D eigenvalue weighted by Gasteiger charge is -1.93. The Morgan fingerprint density at radius 2 is 1.94 bits per heavy atom. The number of hydrogen-bond acceptors (Lipinski definition) is 5. The summed E-state index contributed by atoms with van der Waals surface area (Å²) in [5, 5.41) is 0.617. The van der Waals surface area contributed by atoms with Gasteiger partial charge in [0.15, 0.2) is 5.58 Å². The predicted molar refractivity (Wildman–Crippen MR) is 64.5 cm³/mol. The quantitative estimate of drug-likeness (QED) is 0.714. The molecule has 6 heteroatoms. The number of halogens is 1. The van der Waals surface area contributed by atoms with Crippen LogP contribution in [0.3, 0.4) is 0 Å². The Kier molecular flexibility index (Phi) is 2.19. The minimum absolute atomic E-state index is 0.216. The lowest BCUT2D eigenvalue weighted by atomic mass is 10.3. The van der Waals surface area contributed by atoms with Gasteiger partial charge in [-0.2, -0.15) is 0 Å². The molecule has 0 fully saturated rings. The van der Waals surface area contributed by atoms with Gasteiger partial charge in [-0.1, -0.05) is 11.6 Å². The Morgan fingerprint density at radius 3 is 2.71 bits per heavy atom. The third-order valence-corrected chi connectivity index (χ3v) is 2.50. The maximum atomic E-state index is 5.87. The number of oxazole rings is 1. The van der Waals surface area contributed by atoms with Crippen molar-refractivity contribution < 1.29 is 4.42 Å². The lowest BCUT2D eigenvalue weighted by molar-refractivity contribution is 0.619. The fourth-order valence-electron chi connectivity index (χ4n) is 1.47. The standard InChI is InChI=1S/C11H7ClN4O/c12-7-1-2-9-8(3-7)16-10(17-9)6-4-14-11(13)15-5-6/h1-5H,(H2,13,14,15). The van der Waals surface area contributed by atoms with Gasteiger partial charge in [0.1, 0.15) is 5.52 Å². The number of benzene rings is 1. The molecule has 0 radical (unpaired) electrons. The Hall–Kier alpha value is -2.14. The fraction of sp³-hybridized carbons (Fsp3) is 0. The minimum Gasteiger partial charge on any atom is -0.436 e. The highest BCUT2D eigenvalue weighted by molar-refractivity contribution is 6.31. The van der Waals surface area contributed by atoms with Crippen molar-refractivity contribution in [2.75, 3.05) is 5.73 Å². The molecule has 3 rings (SSSR count). The molecule has 0 amide bonds. The van der Waals surface area contributed by atoms with Crippen LogP contribution in [0, 0.1) is 0 Å². The normalized spacial score (nSPS) is 10.9. The van der Waals surface area contributed by atoms with Crippen LogP contribution in [0.4, 0.5) is 5.95 Å². The summed E-state index contributed by atoms with van der Waals surface area (Å²) in [7, 11) is 0. The van der Waals surface area contributed by atoms with Gasteiger partial charge in [0.25, 0.3) is 0 Å².